The molecule has 0 bridgehead atoms. The predicted octanol–water partition coefficient (Wildman–Crippen LogP) is 2.09. The maximum absolute atomic E-state index is 12.6. The SMILES string of the molecule is CN1CCC2(CC1)OC=C(c1ccccc1)C2=O. The van der Waals surface area contributed by atoms with Crippen LogP contribution in [0.25, 0.3) is 5.57 Å². The second-order valence-corrected chi connectivity index (χ2v) is 5.14. The van der Waals surface area contributed by atoms with Crippen LogP contribution < -0.4 is 0 Å². The van der Waals surface area contributed by atoms with Crippen molar-refractivity contribution < 1.29 is 9.53 Å². The van der Waals surface area contributed by atoms with Crippen LogP contribution in [0.3, 0.4) is 0 Å². The third-order valence-corrected chi connectivity index (χ3v) is 3.94. The number of hydrogen-bond donors (Lipinski definition) is 0. The number of Topliss-reactive ketones (excluding diaryl/α,β-unsaturated/α-hetero) is 1. The molecule has 0 radical (unpaired) electrons. The molecule has 0 saturated carbocycles. The molecule has 94 valence electrons. The van der Waals surface area contributed by atoms with Crippen molar-refractivity contribution >= 4 is 11.4 Å². The zero-order chi connectivity index (χ0) is 12.6. The second kappa shape index (κ2) is 4.25. The predicted molar refractivity (Wildman–Crippen MR) is 70.0 cm³/mol. The molecular formula is C15H17NO2. The summed E-state index contributed by atoms with van der Waals surface area (Å²) in [7, 11) is 2.08. The fraction of sp³-hybridized carbons (Fsp3) is 0.400. The molecule has 1 aromatic rings. The van der Waals surface area contributed by atoms with Gasteiger partial charge in [-0.25, -0.2) is 0 Å². The molecule has 3 heteroatoms. The van der Waals surface area contributed by atoms with Crippen molar-refractivity contribution in [1.29, 1.82) is 0 Å². The first kappa shape index (κ1) is 11.5. The van der Waals surface area contributed by atoms with Crippen LogP contribution in [-0.2, 0) is 9.53 Å². The zero-order valence-corrected chi connectivity index (χ0v) is 10.6. The fourth-order valence-corrected chi connectivity index (χ4v) is 2.67. The lowest BCUT2D eigenvalue weighted by Gasteiger charge is -2.35. The van der Waals surface area contributed by atoms with Gasteiger partial charge in [-0.2, -0.15) is 0 Å². The van der Waals surface area contributed by atoms with Gasteiger partial charge in [-0.05, 0) is 12.6 Å². The lowest BCUT2D eigenvalue weighted by molar-refractivity contribution is -0.132. The monoisotopic (exact) mass is 243 g/mol. The Morgan fingerprint density at radius 1 is 1.17 bits per heavy atom. The molecule has 0 aliphatic carbocycles. The van der Waals surface area contributed by atoms with Crippen molar-refractivity contribution in [2.75, 3.05) is 20.1 Å². The molecule has 2 heterocycles. The number of ether oxygens (including phenoxy) is 1. The highest BCUT2D eigenvalue weighted by Gasteiger charge is 2.47. The van der Waals surface area contributed by atoms with Crippen LogP contribution in [0.5, 0.6) is 0 Å². The molecule has 1 fully saturated rings. The minimum absolute atomic E-state index is 0.154. The van der Waals surface area contributed by atoms with E-state index < -0.39 is 5.60 Å². The summed E-state index contributed by atoms with van der Waals surface area (Å²) in [5.41, 5.74) is 1.09. The van der Waals surface area contributed by atoms with Gasteiger partial charge in [0.05, 0.1) is 11.8 Å². The summed E-state index contributed by atoms with van der Waals surface area (Å²) in [4.78, 5) is 14.8. The first-order valence-corrected chi connectivity index (χ1v) is 6.38. The standard InChI is InChI=1S/C15H17NO2/c1-16-9-7-15(8-10-16)14(17)13(11-18-15)12-5-3-2-4-6-12/h2-6,11H,7-10H2,1H3. The van der Waals surface area contributed by atoms with Crippen molar-refractivity contribution in [3.8, 4) is 0 Å². The average molecular weight is 243 g/mol. The van der Waals surface area contributed by atoms with Crippen LogP contribution in [0.1, 0.15) is 18.4 Å². The summed E-state index contributed by atoms with van der Waals surface area (Å²) in [6, 6.07) is 9.77. The maximum atomic E-state index is 12.6. The first-order valence-electron chi connectivity index (χ1n) is 6.38. The summed E-state index contributed by atoms with van der Waals surface area (Å²) < 4.78 is 5.77. The van der Waals surface area contributed by atoms with Gasteiger partial charge in [0.2, 0.25) is 5.78 Å². The zero-order valence-electron chi connectivity index (χ0n) is 10.6. The Morgan fingerprint density at radius 3 is 2.50 bits per heavy atom. The average Bonchev–Trinajstić information content (AvgIpc) is 2.72. The summed E-state index contributed by atoms with van der Waals surface area (Å²) in [6.07, 6.45) is 3.23. The lowest BCUT2D eigenvalue weighted by atomic mass is 9.84. The summed E-state index contributed by atoms with van der Waals surface area (Å²) in [6.45, 7) is 1.84. The molecule has 0 unspecified atom stereocenters. The van der Waals surface area contributed by atoms with Gasteiger partial charge >= 0.3 is 0 Å². The topological polar surface area (TPSA) is 29.5 Å². The van der Waals surface area contributed by atoms with E-state index in [1.807, 2.05) is 30.3 Å². The van der Waals surface area contributed by atoms with E-state index in [1.54, 1.807) is 6.26 Å². The summed E-state index contributed by atoms with van der Waals surface area (Å²) >= 11 is 0. The number of ketones is 1. The number of carbonyl (C=O) groups is 1. The van der Waals surface area contributed by atoms with E-state index in [0.717, 1.165) is 37.1 Å². The van der Waals surface area contributed by atoms with E-state index >= 15 is 0 Å². The molecule has 2 aliphatic heterocycles. The Morgan fingerprint density at radius 2 is 1.83 bits per heavy atom. The fourth-order valence-electron chi connectivity index (χ4n) is 2.67. The highest BCUT2D eigenvalue weighted by atomic mass is 16.5. The van der Waals surface area contributed by atoms with E-state index in [4.69, 9.17) is 4.74 Å². The number of nitrogens with zero attached hydrogens (tertiary/aromatic N) is 1. The molecule has 0 amide bonds. The second-order valence-electron chi connectivity index (χ2n) is 5.14. The van der Waals surface area contributed by atoms with E-state index in [2.05, 4.69) is 11.9 Å². The van der Waals surface area contributed by atoms with Crippen LogP contribution >= 0.6 is 0 Å². The van der Waals surface area contributed by atoms with Crippen LogP contribution in [0.4, 0.5) is 0 Å². The Kier molecular flexibility index (Phi) is 2.71. The number of hydrogen-bond acceptors (Lipinski definition) is 3. The maximum Gasteiger partial charge on any atom is 0.210 e. The Bertz CT molecular complexity index is 484. The number of piperidine rings is 1. The van der Waals surface area contributed by atoms with E-state index in [-0.39, 0.29) is 5.78 Å². The quantitative estimate of drug-likeness (QED) is 0.756. The van der Waals surface area contributed by atoms with Gasteiger partial charge in [0.15, 0.2) is 5.60 Å². The highest BCUT2D eigenvalue weighted by molar-refractivity contribution is 6.26. The van der Waals surface area contributed by atoms with Crippen molar-refractivity contribution in [3.05, 3.63) is 42.2 Å². The molecule has 1 saturated heterocycles. The number of rotatable bonds is 1. The van der Waals surface area contributed by atoms with Crippen molar-refractivity contribution in [1.82, 2.24) is 4.90 Å². The number of carbonyl (C=O) groups excluding carboxylic acids is 1. The number of benzene rings is 1. The molecule has 2 aliphatic rings. The Labute approximate surface area is 107 Å². The Balaban J connectivity index is 1.84. The molecule has 1 aromatic carbocycles. The van der Waals surface area contributed by atoms with Gasteiger partial charge in [-0.15, -0.1) is 0 Å². The van der Waals surface area contributed by atoms with E-state index in [0.29, 0.717) is 0 Å². The van der Waals surface area contributed by atoms with Gasteiger partial charge in [0, 0.05) is 25.9 Å². The van der Waals surface area contributed by atoms with Crippen molar-refractivity contribution in [2.24, 2.45) is 0 Å². The molecule has 3 rings (SSSR count). The van der Waals surface area contributed by atoms with Crippen LogP contribution in [0, 0.1) is 0 Å². The van der Waals surface area contributed by atoms with Crippen molar-refractivity contribution in [3.63, 3.8) is 0 Å². The largest absolute Gasteiger partial charge is 0.486 e. The Hall–Kier alpha value is -1.61. The smallest absolute Gasteiger partial charge is 0.210 e. The molecule has 0 atom stereocenters. The van der Waals surface area contributed by atoms with Gasteiger partial charge in [0.1, 0.15) is 0 Å². The summed E-state index contributed by atoms with van der Waals surface area (Å²) in [5, 5.41) is 0. The minimum Gasteiger partial charge on any atom is -0.486 e. The first-order chi connectivity index (χ1) is 8.71. The third-order valence-electron chi connectivity index (χ3n) is 3.94. The van der Waals surface area contributed by atoms with Crippen molar-refractivity contribution in [2.45, 2.75) is 18.4 Å². The third kappa shape index (κ3) is 1.75. The van der Waals surface area contributed by atoms with Gasteiger partial charge < -0.3 is 9.64 Å². The lowest BCUT2D eigenvalue weighted by Crippen LogP contribution is -2.47. The van der Waals surface area contributed by atoms with Crippen LogP contribution in [0.15, 0.2) is 36.6 Å². The highest BCUT2D eigenvalue weighted by Crippen LogP contribution is 2.38. The molecule has 18 heavy (non-hydrogen) atoms. The normalized spacial score (nSPS) is 22.9. The van der Waals surface area contributed by atoms with E-state index in [1.165, 1.54) is 0 Å². The van der Waals surface area contributed by atoms with Crippen LogP contribution in [0.2, 0.25) is 0 Å². The van der Waals surface area contributed by atoms with Crippen LogP contribution in [-0.4, -0.2) is 36.4 Å². The molecule has 0 N–H and O–H groups in total. The van der Waals surface area contributed by atoms with E-state index in [9.17, 15) is 4.79 Å². The van der Waals surface area contributed by atoms with Gasteiger partial charge in [-0.3, -0.25) is 4.79 Å². The molecular weight excluding hydrogens is 226 g/mol. The van der Waals surface area contributed by atoms with Gasteiger partial charge in [0.25, 0.3) is 0 Å². The number of likely N-dealkylation sites (tertiary alicyclic amines) is 1. The molecule has 1 spiro atoms. The minimum atomic E-state index is -0.586. The summed E-state index contributed by atoms with van der Waals surface area (Å²) in [5.74, 6) is 0.154. The van der Waals surface area contributed by atoms with Gasteiger partial charge in [-0.1, -0.05) is 30.3 Å². The molecule has 0 aromatic heterocycles. The molecule has 3 nitrogen and oxygen atoms in total.